The normalized spacial score (nSPS) is 19.7. The Morgan fingerprint density at radius 1 is 1.28 bits per heavy atom. The number of rotatable bonds is 6. The Morgan fingerprint density at radius 3 is 2.44 bits per heavy atom. The lowest BCUT2D eigenvalue weighted by atomic mass is 9.77. The lowest BCUT2D eigenvalue weighted by molar-refractivity contribution is 0.0985. The first kappa shape index (κ1) is 20.0. The van der Waals surface area contributed by atoms with Crippen molar-refractivity contribution < 1.29 is 0 Å². The molecule has 2 rings (SSSR count). The molecule has 1 atom stereocenters. The fraction of sp³-hybridized carbons (Fsp3) is 0.583. The van der Waals surface area contributed by atoms with E-state index in [1.54, 1.807) is 0 Å². The summed E-state index contributed by atoms with van der Waals surface area (Å²) in [5.74, 6) is 0. The van der Waals surface area contributed by atoms with Crippen LogP contribution in [-0.4, -0.2) is 24.0 Å². The van der Waals surface area contributed by atoms with Gasteiger partial charge in [0.2, 0.25) is 0 Å². The molecule has 1 heterocycles. The van der Waals surface area contributed by atoms with Crippen LogP contribution < -0.4 is 0 Å². The molecular weight excluding hydrogens is 302 g/mol. The maximum atomic E-state index is 4.52. The van der Waals surface area contributed by atoms with E-state index >= 15 is 0 Å². The second kappa shape index (κ2) is 8.36. The smallest absolute Gasteiger partial charge is 0.0320 e. The van der Waals surface area contributed by atoms with Crippen LogP contribution in [0.5, 0.6) is 0 Å². The molecule has 1 saturated heterocycles. The van der Waals surface area contributed by atoms with Crippen LogP contribution in [0.4, 0.5) is 0 Å². The number of aryl methyl sites for hydroxylation is 2. The molecule has 0 saturated carbocycles. The largest absolute Gasteiger partial charge is 0.297 e. The van der Waals surface area contributed by atoms with Crippen LogP contribution in [-0.2, 0) is 6.42 Å². The minimum atomic E-state index is 0.401. The van der Waals surface area contributed by atoms with E-state index in [-0.39, 0.29) is 0 Å². The van der Waals surface area contributed by atoms with E-state index in [2.05, 4.69) is 77.3 Å². The predicted molar refractivity (Wildman–Crippen MR) is 112 cm³/mol. The van der Waals surface area contributed by atoms with Crippen molar-refractivity contribution in [3.05, 3.63) is 53.1 Å². The maximum absolute atomic E-state index is 4.52. The Morgan fingerprint density at radius 2 is 1.92 bits per heavy atom. The minimum Gasteiger partial charge on any atom is -0.297 e. The zero-order chi connectivity index (χ0) is 18.6. The lowest BCUT2D eigenvalue weighted by Crippen LogP contribution is -2.43. The van der Waals surface area contributed by atoms with Gasteiger partial charge in [0.25, 0.3) is 0 Å². The third-order valence-corrected chi connectivity index (χ3v) is 6.48. The van der Waals surface area contributed by atoms with Crippen molar-refractivity contribution in [3.63, 3.8) is 0 Å². The highest BCUT2D eigenvalue weighted by Gasteiger charge is 2.31. The van der Waals surface area contributed by atoms with Crippen molar-refractivity contribution in [2.45, 2.75) is 73.3 Å². The third kappa shape index (κ3) is 4.44. The number of nitrogens with zero attached hydrogens (tertiary/aromatic N) is 1. The van der Waals surface area contributed by atoms with Gasteiger partial charge in [-0.3, -0.25) is 4.90 Å². The molecule has 0 amide bonds. The summed E-state index contributed by atoms with van der Waals surface area (Å²) >= 11 is 0. The number of allylic oxidation sites excluding steroid dienone is 1. The van der Waals surface area contributed by atoms with Crippen molar-refractivity contribution in [2.24, 2.45) is 5.41 Å². The predicted octanol–water partition coefficient (Wildman–Crippen LogP) is 6.42. The average molecular weight is 340 g/mol. The molecule has 1 fully saturated rings. The molecule has 25 heavy (non-hydrogen) atoms. The Hall–Kier alpha value is -1.34. The summed E-state index contributed by atoms with van der Waals surface area (Å²) in [7, 11) is 0. The second-order valence-electron chi connectivity index (χ2n) is 8.12. The van der Waals surface area contributed by atoms with Gasteiger partial charge in [-0.1, -0.05) is 63.6 Å². The van der Waals surface area contributed by atoms with E-state index in [0.29, 0.717) is 11.5 Å². The molecule has 1 aliphatic rings. The zero-order valence-electron chi connectivity index (χ0n) is 17.3. The molecule has 1 nitrogen and oxygen atoms in total. The van der Waals surface area contributed by atoms with E-state index in [9.17, 15) is 0 Å². The van der Waals surface area contributed by atoms with Crippen LogP contribution in [0, 0.1) is 12.3 Å². The van der Waals surface area contributed by atoms with Gasteiger partial charge in [-0.05, 0) is 80.8 Å². The minimum absolute atomic E-state index is 0.401. The van der Waals surface area contributed by atoms with Crippen molar-refractivity contribution >= 4 is 5.57 Å². The molecule has 0 spiro atoms. The number of likely N-dealkylation sites (tertiary alicyclic amines) is 1. The summed E-state index contributed by atoms with van der Waals surface area (Å²) in [6.07, 6.45) is 7.21. The van der Waals surface area contributed by atoms with E-state index in [4.69, 9.17) is 0 Å². The molecule has 1 heteroatoms. The molecule has 1 aromatic rings. The Balaban J connectivity index is 2.18. The topological polar surface area (TPSA) is 3.24 Å². The molecule has 0 aliphatic carbocycles. The second-order valence-corrected chi connectivity index (χ2v) is 8.12. The Bertz CT molecular complexity index is 629. The van der Waals surface area contributed by atoms with Gasteiger partial charge < -0.3 is 0 Å². The number of benzene rings is 1. The van der Waals surface area contributed by atoms with Crippen LogP contribution in [0.3, 0.4) is 0 Å². The van der Waals surface area contributed by atoms with Crippen LogP contribution in [0.2, 0.25) is 0 Å². The third-order valence-electron chi connectivity index (χ3n) is 6.48. The SMILES string of the molecule is C=C(/C(=C/C)c1ccc(C)cc1CC)C(C)N1CCC(C)(CC)CC1. The van der Waals surface area contributed by atoms with Crippen LogP contribution >= 0.6 is 0 Å². The van der Waals surface area contributed by atoms with Crippen LogP contribution in [0.15, 0.2) is 36.4 Å². The Labute approximate surface area is 155 Å². The zero-order valence-corrected chi connectivity index (χ0v) is 17.3. The summed E-state index contributed by atoms with van der Waals surface area (Å²) in [5, 5.41) is 0. The van der Waals surface area contributed by atoms with Crippen molar-refractivity contribution in [1.29, 1.82) is 0 Å². The molecule has 0 N–H and O–H groups in total. The quantitative estimate of drug-likeness (QED) is 0.541. The summed E-state index contributed by atoms with van der Waals surface area (Å²) in [6.45, 7) is 20.6. The summed E-state index contributed by atoms with van der Waals surface area (Å²) in [5.41, 5.74) is 7.26. The highest BCUT2D eigenvalue weighted by atomic mass is 15.2. The summed E-state index contributed by atoms with van der Waals surface area (Å²) in [4.78, 5) is 2.63. The van der Waals surface area contributed by atoms with Crippen molar-refractivity contribution in [1.82, 2.24) is 4.90 Å². The van der Waals surface area contributed by atoms with Gasteiger partial charge >= 0.3 is 0 Å². The van der Waals surface area contributed by atoms with Crippen LogP contribution in [0.1, 0.15) is 70.6 Å². The molecule has 1 aliphatic heterocycles. The molecule has 1 aromatic carbocycles. The molecule has 0 aromatic heterocycles. The van der Waals surface area contributed by atoms with Gasteiger partial charge in [0.1, 0.15) is 0 Å². The summed E-state index contributed by atoms with van der Waals surface area (Å²) < 4.78 is 0. The van der Waals surface area contributed by atoms with Gasteiger partial charge in [0.05, 0.1) is 0 Å². The van der Waals surface area contributed by atoms with Crippen molar-refractivity contribution in [3.8, 4) is 0 Å². The molecule has 138 valence electrons. The van der Waals surface area contributed by atoms with Crippen LogP contribution in [0.25, 0.3) is 5.57 Å². The fourth-order valence-corrected chi connectivity index (χ4v) is 4.04. The van der Waals surface area contributed by atoms with Crippen molar-refractivity contribution in [2.75, 3.05) is 13.1 Å². The highest BCUT2D eigenvalue weighted by molar-refractivity contribution is 5.81. The monoisotopic (exact) mass is 339 g/mol. The first-order chi connectivity index (χ1) is 11.8. The first-order valence-corrected chi connectivity index (χ1v) is 10.0. The molecule has 0 radical (unpaired) electrons. The van der Waals surface area contributed by atoms with Gasteiger partial charge in [0, 0.05) is 6.04 Å². The lowest BCUT2D eigenvalue weighted by Gasteiger charge is -2.42. The van der Waals surface area contributed by atoms with Gasteiger partial charge in [-0.25, -0.2) is 0 Å². The number of piperidine rings is 1. The van der Waals surface area contributed by atoms with E-state index in [1.165, 1.54) is 60.2 Å². The highest BCUT2D eigenvalue weighted by Crippen LogP contribution is 2.37. The number of hydrogen-bond acceptors (Lipinski definition) is 1. The first-order valence-electron chi connectivity index (χ1n) is 10.0. The summed E-state index contributed by atoms with van der Waals surface area (Å²) in [6, 6.07) is 7.23. The average Bonchev–Trinajstić information content (AvgIpc) is 2.63. The Kier molecular flexibility index (Phi) is 6.68. The molecular formula is C24H37N. The molecule has 0 bridgehead atoms. The van der Waals surface area contributed by atoms with E-state index < -0.39 is 0 Å². The van der Waals surface area contributed by atoms with E-state index in [1.807, 2.05) is 0 Å². The van der Waals surface area contributed by atoms with Gasteiger partial charge in [-0.15, -0.1) is 0 Å². The maximum Gasteiger partial charge on any atom is 0.0320 e. The van der Waals surface area contributed by atoms with E-state index in [0.717, 1.165) is 6.42 Å². The van der Waals surface area contributed by atoms with Gasteiger partial charge in [-0.2, -0.15) is 0 Å². The fourth-order valence-electron chi connectivity index (χ4n) is 4.04. The number of hydrogen-bond donors (Lipinski definition) is 0. The standard InChI is InChI=1S/C24H37N/c1-8-21-17-18(4)11-12-23(21)22(9-2)19(5)20(6)25-15-13-24(7,10-3)14-16-25/h9,11-12,17,20H,5,8,10,13-16H2,1-4,6-7H3/b22-9-. The van der Waals surface area contributed by atoms with Gasteiger partial charge in [0.15, 0.2) is 0 Å². The molecule has 1 unspecified atom stereocenters.